The van der Waals surface area contributed by atoms with Crippen molar-refractivity contribution in [2.75, 3.05) is 13.1 Å². The summed E-state index contributed by atoms with van der Waals surface area (Å²) in [5.74, 6) is 0.303. The fraction of sp³-hybridized carbons (Fsp3) is 0.250. The molecule has 0 saturated carbocycles. The van der Waals surface area contributed by atoms with Crippen LogP contribution in [0.4, 0.5) is 0 Å². The summed E-state index contributed by atoms with van der Waals surface area (Å²) in [6.07, 6.45) is 2.53. The van der Waals surface area contributed by atoms with Crippen molar-refractivity contribution in [1.29, 1.82) is 0 Å². The molecule has 1 aliphatic heterocycles. The molecule has 0 N–H and O–H groups in total. The van der Waals surface area contributed by atoms with Gasteiger partial charge in [-0.05, 0) is 12.1 Å². The minimum Gasteiger partial charge on any atom is -0.465 e. The number of hydrogen-bond acceptors (Lipinski definition) is 5. The van der Waals surface area contributed by atoms with Gasteiger partial charge in [-0.2, -0.15) is 0 Å². The molecule has 4 rings (SSSR count). The molecular formula is C16H14N2O3S. The molecular weight excluding hydrogens is 300 g/mol. The van der Waals surface area contributed by atoms with Crippen molar-refractivity contribution in [2.45, 2.75) is 12.5 Å². The minimum absolute atomic E-state index is 0.000483. The van der Waals surface area contributed by atoms with Crippen LogP contribution in [-0.2, 0) is 0 Å². The maximum atomic E-state index is 12.5. The third-order valence-electron chi connectivity index (χ3n) is 3.75. The Morgan fingerprint density at radius 1 is 1.41 bits per heavy atom. The number of aromatic nitrogens is 1. The molecule has 22 heavy (non-hydrogen) atoms. The zero-order valence-corrected chi connectivity index (χ0v) is 12.6. The van der Waals surface area contributed by atoms with Gasteiger partial charge in [-0.3, -0.25) is 4.79 Å². The molecule has 0 spiro atoms. The van der Waals surface area contributed by atoms with E-state index in [1.165, 1.54) is 11.3 Å². The van der Waals surface area contributed by atoms with Crippen molar-refractivity contribution in [3.63, 3.8) is 0 Å². The van der Waals surface area contributed by atoms with Gasteiger partial charge in [0.1, 0.15) is 11.7 Å². The summed E-state index contributed by atoms with van der Waals surface area (Å²) in [5.41, 5.74) is 0.737. The number of nitrogens with zero attached hydrogens (tertiary/aromatic N) is 2. The van der Waals surface area contributed by atoms with Gasteiger partial charge >= 0.3 is 0 Å². The third kappa shape index (κ3) is 2.46. The average Bonchev–Trinajstić information content (AvgIpc) is 3.27. The molecule has 0 bridgehead atoms. The van der Waals surface area contributed by atoms with Crippen molar-refractivity contribution in [2.24, 2.45) is 0 Å². The predicted molar refractivity (Wildman–Crippen MR) is 83.3 cm³/mol. The molecule has 1 atom stereocenters. The van der Waals surface area contributed by atoms with E-state index in [-0.39, 0.29) is 12.0 Å². The van der Waals surface area contributed by atoms with Crippen LogP contribution in [0.1, 0.15) is 17.0 Å². The van der Waals surface area contributed by atoms with Crippen LogP contribution in [-0.4, -0.2) is 35.0 Å². The lowest BCUT2D eigenvalue weighted by atomic mass is 10.2. The van der Waals surface area contributed by atoms with Gasteiger partial charge in [0.15, 0.2) is 5.76 Å². The lowest BCUT2D eigenvalue weighted by Crippen LogP contribution is -2.30. The van der Waals surface area contributed by atoms with E-state index >= 15 is 0 Å². The maximum Gasteiger partial charge on any atom is 0.289 e. The van der Waals surface area contributed by atoms with E-state index < -0.39 is 0 Å². The monoisotopic (exact) mass is 314 g/mol. The van der Waals surface area contributed by atoms with E-state index in [9.17, 15) is 4.79 Å². The van der Waals surface area contributed by atoms with E-state index in [0.717, 1.165) is 17.4 Å². The second kappa shape index (κ2) is 5.46. The average molecular weight is 314 g/mol. The van der Waals surface area contributed by atoms with Gasteiger partial charge in [0.05, 0.1) is 6.54 Å². The first kappa shape index (κ1) is 13.3. The Morgan fingerprint density at radius 3 is 3.14 bits per heavy atom. The highest BCUT2D eigenvalue weighted by atomic mass is 32.1. The van der Waals surface area contributed by atoms with E-state index in [1.54, 1.807) is 17.2 Å². The van der Waals surface area contributed by atoms with Crippen LogP contribution in [0.15, 0.2) is 46.3 Å². The number of carbonyl (C=O) groups is 1. The van der Waals surface area contributed by atoms with Crippen LogP contribution >= 0.6 is 11.3 Å². The second-order valence-corrected chi connectivity index (χ2v) is 6.08. The molecule has 1 amide bonds. The number of benzene rings is 1. The number of fused-ring (bicyclic) bond motifs is 1. The van der Waals surface area contributed by atoms with Crippen molar-refractivity contribution >= 4 is 28.2 Å². The quantitative estimate of drug-likeness (QED) is 0.745. The molecule has 0 aliphatic carbocycles. The van der Waals surface area contributed by atoms with Crippen molar-refractivity contribution < 1.29 is 13.9 Å². The number of ether oxygens (including phenoxy) is 1. The first-order valence-corrected chi connectivity index (χ1v) is 8.01. The highest BCUT2D eigenvalue weighted by Gasteiger charge is 2.30. The molecule has 2 aromatic heterocycles. The van der Waals surface area contributed by atoms with Gasteiger partial charge in [0, 0.05) is 29.9 Å². The standard InChI is InChI=1S/C16H14N2O3S/c19-15(14-9-11-3-1-2-4-13(11)21-14)18-7-5-12(10-18)20-16-17-6-8-22-16/h1-4,6,8-9,12H,5,7,10H2. The number of thiazole rings is 1. The lowest BCUT2D eigenvalue weighted by molar-refractivity contribution is 0.0743. The topological polar surface area (TPSA) is 55.6 Å². The highest BCUT2D eigenvalue weighted by Crippen LogP contribution is 2.24. The van der Waals surface area contributed by atoms with Gasteiger partial charge in [0.2, 0.25) is 0 Å². The van der Waals surface area contributed by atoms with Crippen LogP contribution < -0.4 is 4.74 Å². The summed E-state index contributed by atoms with van der Waals surface area (Å²) < 4.78 is 11.4. The van der Waals surface area contributed by atoms with Gasteiger partial charge in [-0.1, -0.05) is 29.5 Å². The van der Waals surface area contributed by atoms with Crippen molar-refractivity contribution in [1.82, 2.24) is 9.88 Å². The van der Waals surface area contributed by atoms with Gasteiger partial charge < -0.3 is 14.1 Å². The summed E-state index contributed by atoms with van der Waals surface area (Å²) >= 11 is 1.46. The molecule has 112 valence electrons. The summed E-state index contributed by atoms with van der Waals surface area (Å²) in [6, 6.07) is 9.43. The molecule has 0 radical (unpaired) electrons. The largest absolute Gasteiger partial charge is 0.465 e. The first-order valence-electron chi connectivity index (χ1n) is 7.13. The Labute approximate surface area is 131 Å². The molecule has 1 aliphatic rings. The molecule has 3 heterocycles. The second-order valence-electron chi connectivity index (χ2n) is 5.23. The third-order valence-corrected chi connectivity index (χ3v) is 4.41. The lowest BCUT2D eigenvalue weighted by Gasteiger charge is -2.14. The van der Waals surface area contributed by atoms with Crippen LogP contribution in [0.5, 0.6) is 5.19 Å². The number of likely N-dealkylation sites (tertiary alicyclic amines) is 1. The number of amides is 1. The fourth-order valence-electron chi connectivity index (χ4n) is 2.66. The fourth-order valence-corrected chi connectivity index (χ4v) is 3.21. The zero-order chi connectivity index (χ0) is 14.9. The first-order chi connectivity index (χ1) is 10.8. The summed E-state index contributed by atoms with van der Waals surface area (Å²) in [5, 5.41) is 3.48. The number of carbonyl (C=O) groups excluding carboxylic acids is 1. The van der Waals surface area contributed by atoms with E-state index in [0.29, 0.717) is 24.0 Å². The molecule has 1 aromatic carbocycles. The highest BCUT2D eigenvalue weighted by molar-refractivity contribution is 7.11. The number of hydrogen-bond donors (Lipinski definition) is 0. The molecule has 1 fully saturated rings. The molecule has 3 aromatic rings. The molecule has 6 heteroatoms. The Kier molecular flexibility index (Phi) is 3.31. The van der Waals surface area contributed by atoms with Crippen LogP contribution in [0, 0.1) is 0 Å². The minimum atomic E-state index is -0.0820. The van der Waals surface area contributed by atoms with Crippen molar-refractivity contribution in [3.8, 4) is 5.19 Å². The maximum absolute atomic E-state index is 12.5. The van der Waals surface area contributed by atoms with Gasteiger partial charge in [-0.25, -0.2) is 4.98 Å². The van der Waals surface area contributed by atoms with Gasteiger partial charge in [-0.15, -0.1) is 0 Å². The van der Waals surface area contributed by atoms with E-state index in [2.05, 4.69) is 4.98 Å². The Balaban J connectivity index is 1.47. The van der Waals surface area contributed by atoms with E-state index in [1.807, 2.05) is 29.6 Å². The van der Waals surface area contributed by atoms with E-state index in [4.69, 9.17) is 9.15 Å². The predicted octanol–water partition coefficient (Wildman–Crippen LogP) is 3.18. The smallest absolute Gasteiger partial charge is 0.289 e. The SMILES string of the molecule is O=C(c1cc2ccccc2o1)N1CCC(Oc2nccs2)C1. The normalized spacial score (nSPS) is 18.0. The Morgan fingerprint density at radius 2 is 2.32 bits per heavy atom. The molecule has 1 saturated heterocycles. The van der Waals surface area contributed by atoms with Crippen LogP contribution in [0.25, 0.3) is 11.0 Å². The van der Waals surface area contributed by atoms with Gasteiger partial charge in [0.25, 0.3) is 11.1 Å². The van der Waals surface area contributed by atoms with Crippen LogP contribution in [0.2, 0.25) is 0 Å². The van der Waals surface area contributed by atoms with Crippen molar-refractivity contribution in [3.05, 3.63) is 47.7 Å². The Bertz CT molecular complexity index is 764. The number of para-hydroxylation sites is 1. The Hall–Kier alpha value is -2.34. The molecule has 1 unspecified atom stereocenters. The van der Waals surface area contributed by atoms with Crippen LogP contribution in [0.3, 0.4) is 0 Å². The number of furan rings is 1. The summed E-state index contributed by atoms with van der Waals surface area (Å²) in [4.78, 5) is 18.4. The summed E-state index contributed by atoms with van der Waals surface area (Å²) in [7, 11) is 0. The number of rotatable bonds is 3. The molecule has 5 nitrogen and oxygen atoms in total. The summed E-state index contributed by atoms with van der Waals surface area (Å²) in [6.45, 7) is 1.24. The zero-order valence-electron chi connectivity index (χ0n) is 11.8.